The summed E-state index contributed by atoms with van der Waals surface area (Å²) in [6.07, 6.45) is 1.98. The highest BCUT2D eigenvalue weighted by atomic mass is 32.2. The Morgan fingerprint density at radius 3 is 2.89 bits per heavy atom. The van der Waals surface area contributed by atoms with E-state index < -0.39 is 5.97 Å². The molecular weight excluding hydrogens is 266 g/mol. The predicted molar refractivity (Wildman–Crippen MR) is 72.6 cm³/mol. The normalized spacial score (nSPS) is 16.7. The molecule has 7 heteroatoms. The standard InChI is InChI=1S/C12H19N3O3S/c1-10-8-15(12(13-10)19-9-11(16)17)3-2-14-4-6-18-7-5-14/h8H,2-7,9H2,1H3,(H,16,17). The van der Waals surface area contributed by atoms with Gasteiger partial charge in [0.2, 0.25) is 0 Å². The van der Waals surface area contributed by atoms with E-state index in [1.54, 1.807) is 0 Å². The molecule has 1 aromatic rings. The number of carboxylic acid groups (broad SMARTS) is 1. The number of carbonyl (C=O) groups is 1. The molecule has 1 N–H and O–H groups in total. The number of hydrogen-bond acceptors (Lipinski definition) is 5. The molecule has 1 fully saturated rings. The maximum atomic E-state index is 10.6. The van der Waals surface area contributed by atoms with E-state index in [2.05, 4.69) is 9.88 Å². The summed E-state index contributed by atoms with van der Waals surface area (Å²) in [5, 5.41) is 9.51. The van der Waals surface area contributed by atoms with Gasteiger partial charge in [-0.25, -0.2) is 4.98 Å². The van der Waals surface area contributed by atoms with Crippen molar-refractivity contribution in [1.82, 2.24) is 14.5 Å². The highest BCUT2D eigenvalue weighted by Crippen LogP contribution is 2.17. The SMILES string of the molecule is Cc1cn(CCN2CCOCC2)c(SCC(=O)O)n1. The molecule has 0 atom stereocenters. The van der Waals surface area contributed by atoms with E-state index in [1.165, 1.54) is 11.8 Å². The topological polar surface area (TPSA) is 67.6 Å². The Balaban J connectivity index is 1.89. The highest BCUT2D eigenvalue weighted by Gasteiger charge is 2.12. The van der Waals surface area contributed by atoms with Crippen molar-refractivity contribution in [3.63, 3.8) is 0 Å². The summed E-state index contributed by atoms with van der Waals surface area (Å²) in [4.78, 5) is 17.3. The molecule has 19 heavy (non-hydrogen) atoms. The Kier molecular flexibility index (Phi) is 5.24. The smallest absolute Gasteiger partial charge is 0.313 e. The quantitative estimate of drug-likeness (QED) is 0.776. The number of thioether (sulfide) groups is 1. The van der Waals surface area contributed by atoms with Gasteiger partial charge in [-0.05, 0) is 6.92 Å². The lowest BCUT2D eigenvalue weighted by Crippen LogP contribution is -2.38. The zero-order chi connectivity index (χ0) is 13.7. The number of aliphatic carboxylic acids is 1. The minimum atomic E-state index is -0.814. The lowest BCUT2D eigenvalue weighted by Gasteiger charge is -2.26. The molecule has 0 spiro atoms. The van der Waals surface area contributed by atoms with Gasteiger partial charge < -0.3 is 14.4 Å². The predicted octanol–water partition coefficient (Wildman–Crippen LogP) is 0.700. The van der Waals surface area contributed by atoms with Crippen molar-refractivity contribution in [2.45, 2.75) is 18.6 Å². The molecule has 1 aromatic heterocycles. The number of nitrogens with zero attached hydrogens (tertiary/aromatic N) is 3. The van der Waals surface area contributed by atoms with E-state index >= 15 is 0 Å². The van der Waals surface area contributed by atoms with Crippen LogP contribution in [0.3, 0.4) is 0 Å². The molecule has 0 unspecified atom stereocenters. The van der Waals surface area contributed by atoms with Gasteiger partial charge >= 0.3 is 5.97 Å². The van der Waals surface area contributed by atoms with Crippen LogP contribution in [-0.4, -0.2) is 64.1 Å². The zero-order valence-corrected chi connectivity index (χ0v) is 11.9. The van der Waals surface area contributed by atoms with Crippen LogP contribution in [0.2, 0.25) is 0 Å². The van der Waals surface area contributed by atoms with E-state index in [0.717, 1.165) is 50.2 Å². The van der Waals surface area contributed by atoms with Crippen LogP contribution in [-0.2, 0) is 16.1 Å². The maximum absolute atomic E-state index is 10.6. The van der Waals surface area contributed by atoms with Gasteiger partial charge in [0.15, 0.2) is 5.16 Å². The second-order valence-electron chi connectivity index (χ2n) is 4.49. The van der Waals surface area contributed by atoms with Crippen LogP contribution in [0.5, 0.6) is 0 Å². The summed E-state index contributed by atoms with van der Waals surface area (Å²) >= 11 is 1.27. The molecule has 6 nitrogen and oxygen atoms in total. The minimum Gasteiger partial charge on any atom is -0.481 e. The third kappa shape index (κ3) is 4.52. The second-order valence-corrected chi connectivity index (χ2v) is 5.44. The Morgan fingerprint density at radius 1 is 1.47 bits per heavy atom. The summed E-state index contributed by atoms with van der Waals surface area (Å²) in [6.45, 7) is 7.22. The van der Waals surface area contributed by atoms with E-state index in [4.69, 9.17) is 9.84 Å². The first-order valence-electron chi connectivity index (χ1n) is 6.33. The van der Waals surface area contributed by atoms with E-state index in [9.17, 15) is 4.79 Å². The molecule has 2 rings (SSSR count). The summed E-state index contributed by atoms with van der Waals surface area (Å²) in [5.74, 6) is -0.765. The first-order chi connectivity index (χ1) is 9.15. The minimum absolute atomic E-state index is 0.0496. The summed E-state index contributed by atoms with van der Waals surface area (Å²) in [6, 6.07) is 0. The molecule has 0 bridgehead atoms. The molecule has 0 amide bonds. The number of rotatable bonds is 6. The van der Waals surface area contributed by atoms with Crippen molar-refractivity contribution in [1.29, 1.82) is 0 Å². The van der Waals surface area contributed by atoms with Crippen molar-refractivity contribution in [3.05, 3.63) is 11.9 Å². The van der Waals surface area contributed by atoms with Gasteiger partial charge in [-0.15, -0.1) is 0 Å². The lowest BCUT2D eigenvalue weighted by atomic mass is 10.4. The number of imidazole rings is 1. The van der Waals surface area contributed by atoms with Crippen molar-refractivity contribution in [3.8, 4) is 0 Å². The molecule has 2 heterocycles. The Bertz CT molecular complexity index is 430. The number of morpholine rings is 1. The van der Waals surface area contributed by atoms with Crippen LogP contribution >= 0.6 is 11.8 Å². The average Bonchev–Trinajstić information content (AvgIpc) is 2.75. The van der Waals surface area contributed by atoms with Gasteiger partial charge in [0, 0.05) is 32.4 Å². The first kappa shape index (κ1) is 14.4. The van der Waals surface area contributed by atoms with Crippen LogP contribution in [0.25, 0.3) is 0 Å². The lowest BCUT2D eigenvalue weighted by molar-refractivity contribution is -0.133. The zero-order valence-electron chi connectivity index (χ0n) is 11.0. The molecule has 1 saturated heterocycles. The summed E-state index contributed by atoms with van der Waals surface area (Å²) < 4.78 is 7.35. The van der Waals surface area contributed by atoms with Crippen molar-refractivity contribution < 1.29 is 14.6 Å². The highest BCUT2D eigenvalue weighted by molar-refractivity contribution is 7.99. The number of ether oxygens (including phenoxy) is 1. The molecule has 1 aliphatic rings. The first-order valence-corrected chi connectivity index (χ1v) is 7.32. The van der Waals surface area contributed by atoms with Gasteiger partial charge in [-0.3, -0.25) is 9.69 Å². The number of hydrogen-bond donors (Lipinski definition) is 1. The van der Waals surface area contributed by atoms with Gasteiger partial charge in [0.05, 0.1) is 24.7 Å². The molecule has 0 aliphatic carbocycles. The Morgan fingerprint density at radius 2 is 2.21 bits per heavy atom. The Hall–Kier alpha value is -1.05. The summed E-state index contributed by atoms with van der Waals surface area (Å²) in [5.41, 5.74) is 0.926. The van der Waals surface area contributed by atoms with Gasteiger partial charge in [-0.1, -0.05) is 11.8 Å². The van der Waals surface area contributed by atoms with Gasteiger partial charge in [0.1, 0.15) is 0 Å². The van der Waals surface area contributed by atoms with E-state index in [-0.39, 0.29) is 5.75 Å². The summed E-state index contributed by atoms with van der Waals surface area (Å²) in [7, 11) is 0. The monoisotopic (exact) mass is 285 g/mol. The third-order valence-corrected chi connectivity index (χ3v) is 3.92. The molecule has 0 saturated carbocycles. The molecule has 1 aliphatic heterocycles. The molecule has 106 valence electrons. The maximum Gasteiger partial charge on any atom is 0.313 e. The van der Waals surface area contributed by atoms with Crippen molar-refractivity contribution in [2.24, 2.45) is 0 Å². The van der Waals surface area contributed by atoms with Gasteiger partial charge in [0.25, 0.3) is 0 Å². The number of aryl methyl sites for hydroxylation is 1. The van der Waals surface area contributed by atoms with Gasteiger partial charge in [-0.2, -0.15) is 0 Å². The fourth-order valence-electron chi connectivity index (χ4n) is 2.00. The van der Waals surface area contributed by atoms with Crippen LogP contribution in [0, 0.1) is 6.92 Å². The molecule has 0 radical (unpaired) electrons. The fraction of sp³-hybridized carbons (Fsp3) is 0.667. The van der Waals surface area contributed by atoms with Crippen LogP contribution < -0.4 is 0 Å². The van der Waals surface area contributed by atoms with E-state index in [1.807, 2.05) is 17.7 Å². The number of carboxylic acids is 1. The second kappa shape index (κ2) is 6.93. The fourth-order valence-corrected chi connectivity index (χ4v) is 2.77. The number of aromatic nitrogens is 2. The van der Waals surface area contributed by atoms with Crippen molar-refractivity contribution in [2.75, 3.05) is 38.6 Å². The van der Waals surface area contributed by atoms with E-state index in [0.29, 0.717) is 0 Å². The molecular formula is C12H19N3O3S. The average molecular weight is 285 g/mol. The third-order valence-electron chi connectivity index (χ3n) is 2.95. The largest absolute Gasteiger partial charge is 0.481 e. The molecule has 0 aromatic carbocycles. The van der Waals surface area contributed by atoms with Crippen LogP contribution in [0.15, 0.2) is 11.4 Å². The Labute approximate surface area is 116 Å². The van der Waals surface area contributed by atoms with Crippen LogP contribution in [0.1, 0.15) is 5.69 Å². The van der Waals surface area contributed by atoms with Crippen molar-refractivity contribution >= 4 is 17.7 Å². The van der Waals surface area contributed by atoms with Crippen LogP contribution in [0.4, 0.5) is 0 Å².